The summed E-state index contributed by atoms with van der Waals surface area (Å²) in [5, 5.41) is 0. The first-order valence-corrected chi connectivity index (χ1v) is 7.21. The normalized spacial score (nSPS) is 25.8. The molecule has 2 aromatic rings. The summed E-state index contributed by atoms with van der Waals surface area (Å²) in [5.74, 6) is 0.298. The molecule has 0 radical (unpaired) electrons. The van der Waals surface area contributed by atoms with Gasteiger partial charge >= 0.3 is 0 Å². The second-order valence-electron chi connectivity index (χ2n) is 5.44. The van der Waals surface area contributed by atoms with Gasteiger partial charge in [-0.05, 0) is 31.5 Å². The van der Waals surface area contributed by atoms with Gasteiger partial charge in [-0.3, -0.25) is 4.79 Å². The lowest BCUT2D eigenvalue weighted by Gasteiger charge is -2.43. The number of hydrogen-bond acceptors (Lipinski definition) is 3. The minimum absolute atomic E-state index is 0.0255. The van der Waals surface area contributed by atoms with E-state index in [2.05, 4.69) is 0 Å². The number of hydrogen-bond donors (Lipinski definition) is 0. The summed E-state index contributed by atoms with van der Waals surface area (Å²) in [5.41, 5.74) is 1.09. The number of morpholine rings is 1. The van der Waals surface area contributed by atoms with Gasteiger partial charge in [0.15, 0.2) is 5.76 Å². The third kappa shape index (κ3) is 2.59. The van der Waals surface area contributed by atoms with Gasteiger partial charge in [-0.25, -0.2) is 0 Å². The predicted octanol–water partition coefficient (Wildman–Crippen LogP) is 3.27. The predicted molar refractivity (Wildman–Crippen MR) is 78.9 cm³/mol. The highest BCUT2D eigenvalue weighted by Crippen LogP contribution is 2.31. The minimum atomic E-state index is -0.110. The van der Waals surface area contributed by atoms with Crippen molar-refractivity contribution >= 4 is 5.91 Å². The molecule has 3 atom stereocenters. The van der Waals surface area contributed by atoms with Crippen molar-refractivity contribution in [3.8, 4) is 0 Å². The summed E-state index contributed by atoms with van der Waals surface area (Å²) in [4.78, 5) is 14.5. The fourth-order valence-corrected chi connectivity index (χ4v) is 2.94. The van der Waals surface area contributed by atoms with Crippen molar-refractivity contribution < 1.29 is 13.9 Å². The lowest BCUT2D eigenvalue weighted by atomic mass is 9.98. The molecular formula is C17H19NO3. The van der Waals surface area contributed by atoms with Crippen molar-refractivity contribution in [2.24, 2.45) is 0 Å². The number of ether oxygens (including phenoxy) is 1. The van der Waals surface area contributed by atoms with E-state index in [1.165, 1.54) is 6.26 Å². The Hall–Kier alpha value is -2.07. The number of carbonyl (C=O) groups excluding carboxylic acids is 1. The highest BCUT2D eigenvalue weighted by molar-refractivity contribution is 5.92. The van der Waals surface area contributed by atoms with E-state index in [4.69, 9.17) is 9.15 Å². The van der Waals surface area contributed by atoms with Crippen molar-refractivity contribution in [1.29, 1.82) is 0 Å². The molecule has 1 aliphatic heterocycles. The summed E-state index contributed by atoms with van der Waals surface area (Å²) >= 11 is 0. The highest BCUT2D eigenvalue weighted by atomic mass is 16.5. The number of rotatable bonds is 2. The van der Waals surface area contributed by atoms with E-state index >= 15 is 0 Å². The fraction of sp³-hybridized carbons (Fsp3) is 0.353. The molecule has 1 aliphatic rings. The van der Waals surface area contributed by atoms with Crippen LogP contribution in [-0.2, 0) is 4.74 Å². The van der Waals surface area contributed by atoms with Gasteiger partial charge in [-0.15, -0.1) is 0 Å². The molecule has 1 fully saturated rings. The lowest BCUT2D eigenvalue weighted by Crippen LogP contribution is -2.53. The van der Waals surface area contributed by atoms with E-state index < -0.39 is 0 Å². The van der Waals surface area contributed by atoms with Crippen LogP contribution < -0.4 is 0 Å². The van der Waals surface area contributed by atoms with Crippen LogP contribution in [0.4, 0.5) is 0 Å². The van der Waals surface area contributed by atoms with Crippen molar-refractivity contribution in [2.45, 2.75) is 32.0 Å². The number of benzene rings is 1. The molecule has 3 rings (SSSR count). The van der Waals surface area contributed by atoms with Crippen LogP contribution in [0.1, 0.15) is 36.1 Å². The molecule has 1 amide bonds. The molecule has 1 aromatic heterocycles. The second kappa shape index (κ2) is 5.74. The van der Waals surface area contributed by atoms with Crippen LogP contribution in [0.3, 0.4) is 0 Å². The van der Waals surface area contributed by atoms with E-state index in [9.17, 15) is 4.79 Å². The summed E-state index contributed by atoms with van der Waals surface area (Å²) < 4.78 is 11.2. The SMILES string of the molecule is CC1COC(c2ccccc2)C(C)N1C(=O)c1ccco1. The van der Waals surface area contributed by atoms with Gasteiger partial charge < -0.3 is 14.1 Å². The van der Waals surface area contributed by atoms with Crippen LogP contribution in [-0.4, -0.2) is 29.5 Å². The summed E-state index contributed by atoms with van der Waals surface area (Å²) in [6, 6.07) is 13.4. The van der Waals surface area contributed by atoms with Crippen molar-refractivity contribution in [3.63, 3.8) is 0 Å². The van der Waals surface area contributed by atoms with Gasteiger partial charge in [0.1, 0.15) is 6.10 Å². The molecule has 0 saturated carbocycles. The summed E-state index contributed by atoms with van der Waals surface area (Å²) in [6.07, 6.45) is 1.42. The molecule has 0 aliphatic carbocycles. The zero-order valence-corrected chi connectivity index (χ0v) is 12.2. The van der Waals surface area contributed by atoms with Crippen LogP contribution in [0.5, 0.6) is 0 Å². The van der Waals surface area contributed by atoms with Crippen molar-refractivity contribution in [2.75, 3.05) is 6.61 Å². The Labute approximate surface area is 124 Å². The molecule has 3 unspecified atom stereocenters. The first kappa shape index (κ1) is 13.9. The molecule has 1 saturated heterocycles. The zero-order chi connectivity index (χ0) is 14.8. The van der Waals surface area contributed by atoms with Gasteiger partial charge in [0.05, 0.1) is 25.0 Å². The van der Waals surface area contributed by atoms with Crippen LogP contribution >= 0.6 is 0 Å². The summed E-state index contributed by atoms with van der Waals surface area (Å²) in [6.45, 7) is 4.54. The Morgan fingerprint density at radius 3 is 2.57 bits per heavy atom. The Kier molecular flexibility index (Phi) is 3.80. The van der Waals surface area contributed by atoms with E-state index in [0.717, 1.165) is 5.56 Å². The third-order valence-corrected chi connectivity index (χ3v) is 3.96. The Balaban J connectivity index is 1.87. The molecule has 4 nitrogen and oxygen atoms in total. The number of nitrogens with zero attached hydrogens (tertiary/aromatic N) is 1. The van der Waals surface area contributed by atoms with Gasteiger partial charge in [0.25, 0.3) is 5.91 Å². The molecular weight excluding hydrogens is 266 g/mol. The third-order valence-electron chi connectivity index (χ3n) is 3.96. The number of furan rings is 1. The van der Waals surface area contributed by atoms with Crippen molar-refractivity contribution in [1.82, 2.24) is 4.90 Å². The van der Waals surface area contributed by atoms with E-state index in [1.54, 1.807) is 12.1 Å². The maximum atomic E-state index is 12.6. The summed E-state index contributed by atoms with van der Waals surface area (Å²) in [7, 11) is 0. The van der Waals surface area contributed by atoms with E-state index in [-0.39, 0.29) is 24.1 Å². The molecule has 0 spiro atoms. The van der Waals surface area contributed by atoms with E-state index in [0.29, 0.717) is 12.4 Å². The van der Waals surface area contributed by atoms with Gasteiger partial charge in [0, 0.05) is 0 Å². The smallest absolute Gasteiger partial charge is 0.290 e. The van der Waals surface area contributed by atoms with Gasteiger partial charge in [-0.1, -0.05) is 30.3 Å². The fourth-order valence-electron chi connectivity index (χ4n) is 2.94. The first-order valence-electron chi connectivity index (χ1n) is 7.21. The minimum Gasteiger partial charge on any atom is -0.459 e. The lowest BCUT2D eigenvalue weighted by molar-refractivity contribution is -0.0813. The molecule has 0 bridgehead atoms. The molecule has 110 valence electrons. The number of carbonyl (C=O) groups is 1. The average Bonchev–Trinajstić information content (AvgIpc) is 3.02. The quantitative estimate of drug-likeness (QED) is 0.850. The molecule has 2 heterocycles. The first-order chi connectivity index (χ1) is 10.2. The van der Waals surface area contributed by atoms with Crippen LogP contribution in [0.2, 0.25) is 0 Å². The monoisotopic (exact) mass is 285 g/mol. The van der Waals surface area contributed by atoms with Crippen LogP contribution in [0.15, 0.2) is 53.1 Å². The van der Waals surface area contributed by atoms with Crippen LogP contribution in [0, 0.1) is 0 Å². The maximum absolute atomic E-state index is 12.6. The molecule has 0 N–H and O–H groups in total. The van der Waals surface area contributed by atoms with E-state index in [1.807, 2.05) is 49.1 Å². The molecule has 1 aromatic carbocycles. The second-order valence-corrected chi connectivity index (χ2v) is 5.44. The Morgan fingerprint density at radius 1 is 1.14 bits per heavy atom. The van der Waals surface area contributed by atoms with Gasteiger partial charge in [-0.2, -0.15) is 0 Å². The Morgan fingerprint density at radius 2 is 1.90 bits per heavy atom. The van der Waals surface area contributed by atoms with Crippen molar-refractivity contribution in [3.05, 3.63) is 60.1 Å². The standard InChI is InChI=1S/C17H19NO3/c1-12-11-21-16(14-7-4-3-5-8-14)13(2)18(12)17(19)15-9-6-10-20-15/h3-10,12-13,16H,11H2,1-2H3. The topological polar surface area (TPSA) is 42.7 Å². The number of amides is 1. The molecule has 21 heavy (non-hydrogen) atoms. The van der Waals surface area contributed by atoms with Crippen LogP contribution in [0.25, 0.3) is 0 Å². The Bertz CT molecular complexity index is 594. The molecule has 4 heteroatoms. The average molecular weight is 285 g/mol. The highest BCUT2D eigenvalue weighted by Gasteiger charge is 2.38. The van der Waals surface area contributed by atoms with Gasteiger partial charge in [0.2, 0.25) is 0 Å². The maximum Gasteiger partial charge on any atom is 0.290 e. The zero-order valence-electron chi connectivity index (χ0n) is 12.2. The largest absolute Gasteiger partial charge is 0.459 e.